The summed E-state index contributed by atoms with van der Waals surface area (Å²) in [5, 5.41) is 12.4. The Labute approximate surface area is 105 Å². The molecule has 0 spiro atoms. The number of benzene rings is 1. The number of rotatable bonds is 5. The minimum Gasteiger partial charge on any atom is -0.468 e. The lowest BCUT2D eigenvalue weighted by atomic mass is 10.1. The Morgan fingerprint density at radius 3 is 2.83 bits per heavy atom. The summed E-state index contributed by atoms with van der Waals surface area (Å²) in [7, 11) is 0. The standard InChI is InChI=1S/C14H16FNO2/c1-10-4-5-11(7-12(10)15)8-16-13(9-17)14-3-2-6-18-14/h2-7,13,16-17H,8-9H2,1H3. The molecule has 2 rings (SSSR count). The van der Waals surface area contributed by atoms with Gasteiger partial charge in [0.25, 0.3) is 0 Å². The molecule has 1 atom stereocenters. The zero-order valence-electron chi connectivity index (χ0n) is 10.2. The highest BCUT2D eigenvalue weighted by atomic mass is 19.1. The molecule has 3 nitrogen and oxygen atoms in total. The van der Waals surface area contributed by atoms with Crippen LogP contribution in [0.4, 0.5) is 4.39 Å². The van der Waals surface area contributed by atoms with Crippen molar-refractivity contribution in [2.45, 2.75) is 19.5 Å². The van der Waals surface area contributed by atoms with Crippen LogP contribution in [0.15, 0.2) is 41.0 Å². The number of halogens is 1. The van der Waals surface area contributed by atoms with Crippen molar-refractivity contribution in [3.63, 3.8) is 0 Å². The molecule has 2 N–H and O–H groups in total. The fourth-order valence-electron chi connectivity index (χ4n) is 1.73. The van der Waals surface area contributed by atoms with Gasteiger partial charge in [0.1, 0.15) is 11.6 Å². The van der Waals surface area contributed by atoms with Crippen LogP contribution in [0.1, 0.15) is 22.9 Å². The van der Waals surface area contributed by atoms with Gasteiger partial charge in [0, 0.05) is 6.54 Å². The van der Waals surface area contributed by atoms with E-state index in [9.17, 15) is 9.50 Å². The topological polar surface area (TPSA) is 45.4 Å². The Bertz CT molecular complexity index is 497. The van der Waals surface area contributed by atoms with E-state index in [2.05, 4.69) is 5.32 Å². The lowest BCUT2D eigenvalue weighted by molar-refractivity contribution is 0.225. The molecule has 0 fully saturated rings. The van der Waals surface area contributed by atoms with Crippen molar-refractivity contribution in [1.29, 1.82) is 0 Å². The van der Waals surface area contributed by atoms with Gasteiger partial charge in [0.2, 0.25) is 0 Å². The minimum atomic E-state index is -0.274. The zero-order valence-corrected chi connectivity index (χ0v) is 10.2. The minimum absolute atomic E-state index is 0.0676. The predicted octanol–water partition coefficient (Wildman–Crippen LogP) is 2.55. The molecule has 0 aliphatic rings. The van der Waals surface area contributed by atoms with Crippen LogP contribution in [0.25, 0.3) is 0 Å². The van der Waals surface area contributed by atoms with Crippen molar-refractivity contribution in [1.82, 2.24) is 5.32 Å². The van der Waals surface area contributed by atoms with Crippen LogP contribution in [0.5, 0.6) is 0 Å². The van der Waals surface area contributed by atoms with E-state index < -0.39 is 0 Å². The van der Waals surface area contributed by atoms with Crippen molar-refractivity contribution < 1.29 is 13.9 Å². The average molecular weight is 249 g/mol. The summed E-state index contributed by atoms with van der Waals surface area (Å²) < 4.78 is 18.6. The van der Waals surface area contributed by atoms with Gasteiger partial charge >= 0.3 is 0 Å². The molecule has 1 unspecified atom stereocenters. The fourth-order valence-corrected chi connectivity index (χ4v) is 1.73. The lowest BCUT2D eigenvalue weighted by Gasteiger charge is -2.14. The maximum atomic E-state index is 13.4. The molecule has 0 saturated heterocycles. The van der Waals surface area contributed by atoms with Crippen LogP contribution >= 0.6 is 0 Å². The van der Waals surface area contributed by atoms with Crippen LogP contribution in [0.2, 0.25) is 0 Å². The molecule has 0 radical (unpaired) electrons. The number of aliphatic hydroxyl groups is 1. The van der Waals surface area contributed by atoms with Gasteiger partial charge < -0.3 is 14.8 Å². The maximum absolute atomic E-state index is 13.4. The van der Waals surface area contributed by atoms with E-state index in [0.717, 1.165) is 5.56 Å². The molecule has 1 aromatic carbocycles. The highest BCUT2D eigenvalue weighted by molar-refractivity contribution is 5.23. The van der Waals surface area contributed by atoms with Gasteiger partial charge in [-0.25, -0.2) is 4.39 Å². The Hall–Kier alpha value is -1.65. The lowest BCUT2D eigenvalue weighted by Crippen LogP contribution is -2.23. The second-order valence-corrected chi connectivity index (χ2v) is 4.22. The van der Waals surface area contributed by atoms with Gasteiger partial charge in [0.05, 0.1) is 18.9 Å². The van der Waals surface area contributed by atoms with Gasteiger partial charge in [-0.3, -0.25) is 0 Å². The van der Waals surface area contributed by atoms with Crippen LogP contribution in [0.3, 0.4) is 0 Å². The Kier molecular flexibility index (Phi) is 4.12. The Balaban J connectivity index is 1.99. The van der Waals surface area contributed by atoms with Gasteiger partial charge in [-0.2, -0.15) is 0 Å². The van der Waals surface area contributed by atoms with E-state index in [4.69, 9.17) is 4.42 Å². The molecule has 0 aliphatic carbocycles. The Morgan fingerprint density at radius 2 is 2.22 bits per heavy atom. The first-order valence-electron chi connectivity index (χ1n) is 5.83. The smallest absolute Gasteiger partial charge is 0.126 e. The predicted molar refractivity (Wildman–Crippen MR) is 66.5 cm³/mol. The molecule has 0 saturated carbocycles. The normalized spacial score (nSPS) is 12.6. The summed E-state index contributed by atoms with van der Waals surface area (Å²) in [6.45, 7) is 2.14. The molecule has 2 aromatic rings. The van der Waals surface area contributed by atoms with Gasteiger partial charge in [-0.1, -0.05) is 12.1 Å². The van der Waals surface area contributed by atoms with Crippen LogP contribution in [-0.4, -0.2) is 11.7 Å². The van der Waals surface area contributed by atoms with E-state index >= 15 is 0 Å². The maximum Gasteiger partial charge on any atom is 0.126 e. The van der Waals surface area contributed by atoms with E-state index in [1.165, 1.54) is 6.07 Å². The van der Waals surface area contributed by atoms with E-state index in [0.29, 0.717) is 17.9 Å². The zero-order chi connectivity index (χ0) is 13.0. The van der Waals surface area contributed by atoms with Crippen LogP contribution < -0.4 is 5.32 Å². The molecule has 1 heterocycles. The number of aryl methyl sites for hydroxylation is 1. The molecular formula is C14H16FNO2. The molecule has 4 heteroatoms. The largest absolute Gasteiger partial charge is 0.468 e. The van der Waals surface area contributed by atoms with Crippen LogP contribution in [-0.2, 0) is 6.54 Å². The second kappa shape index (κ2) is 5.80. The summed E-state index contributed by atoms with van der Waals surface area (Å²) in [6, 6.07) is 8.40. The fraction of sp³-hybridized carbons (Fsp3) is 0.286. The number of aliphatic hydroxyl groups excluding tert-OH is 1. The summed E-state index contributed by atoms with van der Waals surface area (Å²) in [5.41, 5.74) is 1.46. The summed E-state index contributed by atoms with van der Waals surface area (Å²) in [6.07, 6.45) is 1.56. The van der Waals surface area contributed by atoms with E-state index in [-0.39, 0.29) is 18.5 Å². The molecule has 0 aliphatic heterocycles. The third-order valence-corrected chi connectivity index (χ3v) is 2.86. The second-order valence-electron chi connectivity index (χ2n) is 4.22. The first-order valence-corrected chi connectivity index (χ1v) is 5.83. The summed E-state index contributed by atoms with van der Waals surface area (Å²) >= 11 is 0. The molecule has 0 amide bonds. The van der Waals surface area contributed by atoms with Crippen molar-refractivity contribution >= 4 is 0 Å². The highest BCUT2D eigenvalue weighted by Gasteiger charge is 2.12. The number of nitrogens with one attached hydrogen (secondary N) is 1. The molecule has 1 aromatic heterocycles. The first-order chi connectivity index (χ1) is 8.70. The van der Waals surface area contributed by atoms with Gasteiger partial charge in [0.15, 0.2) is 0 Å². The summed E-state index contributed by atoms with van der Waals surface area (Å²) in [4.78, 5) is 0. The highest BCUT2D eigenvalue weighted by Crippen LogP contribution is 2.14. The Morgan fingerprint density at radius 1 is 1.39 bits per heavy atom. The molecule has 96 valence electrons. The van der Waals surface area contributed by atoms with Gasteiger partial charge in [-0.15, -0.1) is 0 Å². The number of furan rings is 1. The number of hydrogen-bond donors (Lipinski definition) is 2. The number of hydrogen-bond acceptors (Lipinski definition) is 3. The average Bonchev–Trinajstić information content (AvgIpc) is 2.88. The van der Waals surface area contributed by atoms with Crippen molar-refractivity contribution in [3.8, 4) is 0 Å². The monoisotopic (exact) mass is 249 g/mol. The third kappa shape index (κ3) is 2.97. The van der Waals surface area contributed by atoms with E-state index in [1.54, 1.807) is 31.4 Å². The van der Waals surface area contributed by atoms with Crippen LogP contribution in [0, 0.1) is 12.7 Å². The van der Waals surface area contributed by atoms with Crippen molar-refractivity contribution in [2.24, 2.45) is 0 Å². The quantitative estimate of drug-likeness (QED) is 0.856. The SMILES string of the molecule is Cc1ccc(CNC(CO)c2ccco2)cc1F. The van der Waals surface area contributed by atoms with Crippen molar-refractivity contribution in [2.75, 3.05) is 6.61 Å². The summed E-state index contributed by atoms with van der Waals surface area (Å²) in [5.74, 6) is 0.456. The third-order valence-electron chi connectivity index (χ3n) is 2.86. The molecule has 0 bridgehead atoms. The molecule has 18 heavy (non-hydrogen) atoms. The van der Waals surface area contributed by atoms with E-state index in [1.807, 2.05) is 6.07 Å². The first kappa shape index (κ1) is 12.8. The van der Waals surface area contributed by atoms with Crippen molar-refractivity contribution in [3.05, 3.63) is 59.3 Å². The van der Waals surface area contributed by atoms with Gasteiger partial charge in [-0.05, 0) is 36.2 Å². The molecular weight excluding hydrogens is 233 g/mol.